The van der Waals surface area contributed by atoms with Gasteiger partial charge in [0, 0.05) is 19.4 Å². The Balaban J connectivity index is 2.06. The minimum Gasteiger partial charge on any atom is -0.383 e. The second kappa shape index (κ2) is 4.99. The summed E-state index contributed by atoms with van der Waals surface area (Å²) < 4.78 is 5.04. The first kappa shape index (κ1) is 10.2. The summed E-state index contributed by atoms with van der Waals surface area (Å²) in [5, 5.41) is 3.45. The maximum Gasteiger partial charge on any atom is 0.0635 e. The average molecular weight is 203 g/mol. The van der Waals surface area contributed by atoms with Gasteiger partial charge < -0.3 is 10.1 Å². The third kappa shape index (κ3) is 2.83. The molecule has 1 aliphatic carbocycles. The van der Waals surface area contributed by atoms with Crippen LogP contribution in [-0.4, -0.2) is 20.3 Å². The molecule has 2 heteroatoms. The van der Waals surface area contributed by atoms with E-state index in [0.29, 0.717) is 0 Å². The predicted octanol–water partition coefficient (Wildman–Crippen LogP) is 2.43. The first-order chi connectivity index (χ1) is 7.42. The molecule has 0 unspecified atom stereocenters. The summed E-state index contributed by atoms with van der Waals surface area (Å²) >= 11 is 0. The number of methoxy groups -OCH3 is 1. The number of benzene rings is 1. The van der Waals surface area contributed by atoms with Gasteiger partial charge in [0.2, 0.25) is 0 Å². The number of ether oxygens (including phenoxy) is 1. The van der Waals surface area contributed by atoms with Crippen LogP contribution < -0.4 is 5.32 Å². The molecule has 0 radical (unpaired) electrons. The van der Waals surface area contributed by atoms with E-state index in [-0.39, 0.29) is 0 Å². The molecule has 2 nitrogen and oxygen atoms in total. The van der Waals surface area contributed by atoms with E-state index < -0.39 is 0 Å². The zero-order valence-corrected chi connectivity index (χ0v) is 9.12. The molecule has 0 saturated heterocycles. The summed E-state index contributed by atoms with van der Waals surface area (Å²) in [7, 11) is 1.73. The minimum atomic E-state index is 0.754. The number of rotatable bonds is 5. The molecule has 1 aliphatic rings. The van der Waals surface area contributed by atoms with Crippen molar-refractivity contribution in [1.82, 2.24) is 5.32 Å². The van der Waals surface area contributed by atoms with Gasteiger partial charge in [-0.25, -0.2) is 0 Å². The van der Waals surface area contributed by atoms with Crippen LogP contribution in [-0.2, 0) is 4.74 Å². The van der Waals surface area contributed by atoms with E-state index in [1.54, 1.807) is 7.11 Å². The highest BCUT2D eigenvalue weighted by atomic mass is 16.5. The van der Waals surface area contributed by atoms with Gasteiger partial charge in [-0.3, -0.25) is 0 Å². The highest BCUT2D eigenvalue weighted by Crippen LogP contribution is 2.34. The Labute approximate surface area is 91.0 Å². The number of nitrogens with one attached hydrogen (secondary N) is 1. The van der Waals surface area contributed by atoms with E-state index in [0.717, 1.165) is 13.2 Å². The van der Waals surface area contributed by atoms with E-state index in [1.165, 1.54) is 29.7 Å². The Morgan fingerprint density at radius 3 is 2.60 bits per heavy atom. The molecule has 0 heterocycles. The highest BCUT2D eigenvalue weighted by molar-refractivity contribution is 5.69. The normalized spacial score (nSPS) is 13.8. The van der Waals surface area contributed by atoms with Crippen LogP contribution in [0.1, 0.15) is 18.4 Å². The van der Waals surface area contributed by atoms with Crippen LogP contribution in [0, 0.1) is 0 Å². The van der Waals surface area contributed by atoms with Gasteiger partial charge in [0.15, 0.2) is 0 Å². The predicted molar refractivity (Wildman–Crippen MR) is 62.5 cm³/mol. The van der Waals surface area contributed by atoms with Crippen molar-refractivity contribution in [2.75, 3.05) is 20.3 Å². The molecule has 80 valence electrons. The Morgan fingerprint density at radius 2 is 2.00 bits per heavy atom. The fraction of sp³-hybridized carbons (Fsp3) is 0.385. The summed E-state index contributed by atoms with van der Waals surface area (Å²) in [6.07, 6.45) is 2.48. The highest BCUT2D eigenvalue weighted by Gasteiger charge is 2.18. The van der Waals surface area contributed by atoms with E-state index in [1.807, 2.05) is 6.07 Å². The van der Waals surface area contributed by atoms with Crippen molar-refractivity contribution in [1.29, 1.82) is 0 Å². The third-order valence-electron chi connectivity index (χ3n) is 2.52. The second-order valence-corrected chi connectivity index (χ2v) is 3.76. The van der Waals surface area contributed by atoms with E-state index in [9.17, 15) is 0 Å². The van der Waals surface area contributed by atoms with Gasteiger partial charge in [0.05, 0.1) is 6.61 Å². The fourth-order valence-electron chi connectivity index (χ4n) is 1.63. The van der Waals surface area contributed by atoms with E-state index in [2.05, 4.69) is 29.6 Å². The maximum absolute atomic E-state index is 5.04. The van der Waals surface area contributed by atoms with Gasteiger partial charge in [-0.15, -0.1) is 0 Å². The Morgan fingerprint density at radius 1 is 1.27 bits per heavy atom. The zero-order chi connectivity index (χ0) is 10.5. The molecule has 0 aliphatic heterocycles. The molecular weight excluding hydrogens is 186 g/mol. The summed E-state index contributed by atoms with van der Waals surface area (Å²) in [5.41, 5.74) is 4.14. The van der Waals surface area contributed by atoms with Crippen LogP contribution >= 0.6 is 0 Å². The lowest BCUT2D eigenvalue weighted by molar-refractivity contribution is 0.203. The van der Waals surface area contributed by atoms with E-state index in [4.69, 9.17) is 4.74 Å². The number of hydrogen-bond donors (Lipinski definition) is 1. The quantitative estimate of drug-likeness (QED) is 0.742. The lowest BCUT2D eigenvalue weighted by Crippen LogP contribution is -2.17. The molecule has 1 N–H and O–H groups in total. The number of hydrogen-bond acceptors (Lipinski definition) is 2. The van der Waals surface area contributed by atoms with Crippen LogP contribution in [0.2, 0.25) is 0 Å². The molecule has 1 aromatic rings. The first-order valence-electron chi connectivity index (χ1n) is 5.42. The fourth-order valence-corrected chi connectivity index (χ4v) is 1.63. The largest absolute Gasteiger partial charge is 0.383 e. The van der Waals surface area contributed by atoms with Gasteiger partial charge in [-0.05, 0) is 24.0 Å². The SMILES string of the molecule is COCCNC(=C1CC1)c1ccccc1. The summed E-state index contributed by atoms with van der Waals surface area (Å²) in [4.78, 5) is 0. The molecule has 0 aromatic heterocycles. The third-order valence-corrected chi connectivity index (χ3v) is 2.52. The topological polar surface area (TPSA) is 21.3 Å². The average Bonchev–Trinajstić information content (AvgIpc) is 3.10. The molecule has 0 spiro atoms. The molecule has 15 heavy (non-hydrogen) atoms. The lowest BCUT2D eigenvalue weighted by Gasteiger charge is -2.10. The van der Waals surface area contributed by atoms with Crippen molar-refractivity contribution in [3.63, 3.8) is 0 Å². The smallest absolute Gasteiger partial charge is 0.0635 e. The summed E-state index contributed by atoms with van der Waals surface area (Å²) in [6, 6.07) is 10.5. The van der Waals surface area contributed by atoms with Gasteiger partial charge in [-0.2, -0.15) is 0 Å². The van der Waals surface area contributed by atoms with Crippen molar-refractivity contribution in [3.05, 3.63) is 41.5 Å². The van der Waals surface area contributed by atoms with Crippen molar-refractivity contribution in [2.24, 2.45) is 0 Å². The Bertz CT molecular complexity index is 337. The molecule has 2 rings (SSSR count). The minimum absolute atomic E-state index is 0.754. The summed E-state index contributed by atoms with van der Waals surface area (Å²) in [5.74, 6) is 0. The van der Waals surface area contributed by atoms with Gasteiger partial charge in [-0.1, -0.05) is 30.3 Å². The monoisotopic (exact) mass is 203 g/mol. The zero-order valence-electron chi connectivity index (χ0n) is 9.12. The Kier molecular flexibility index (Phi) is 3.41. The first-order valence-corrected chi connectivity index (χ1v) is 5.42. The molecule has 1 fully saturated rings. The van der Waals surface area contributed by atoms with Gasteiger partial charge in [0.1, 0.15) is 0 Å². The van der Waals surface area contributed by atoms with Crippen LogP contribution in [0.15, 0.2) is 35.9 Å². The maximum atomic E-state index is 5.04. The van der Waals surface area contributed by atoms with Crippen LogP contribution in [0.25, 0.3) is 5.70 Å². The lowest BCUT2D eigenvalue weighted by atomic mass is 10.1. The molecule has 0 bridgehead atoms. The van der Waals surface area contributed by atoms with Crippen LogP contribution in [0.4, 0.5) is 0 Å². The molecule has 0 amide bonds. The van der Waals surface area contributed by atoms with Crippen molar-refractivity contribution in [2.45, 2.75) is 12.8 Å². The van der Waals surface area contributed by atoms with Gasteiger partial charge >= 0.3 is 0 Å². The van der Waals surface area contributed by atoms with Crippen molar-refractivity contribution in [3.8, 4) is 0 Å². The number of allylic oxidation sites excluding steroid dienone is 1. The second-order valence-electron chi connectivity index (χ2n) is 3.76. The molecular formula is C13H17NO. The van der Waals surface area contributed by atoms with Crippen molar-refractivity contribution < 1.29 is 4.74 Å². The van der Waals surface area contributed by atoms with Crippen LogP contribution in [0.3, 0.4) is 0 Å². The molecule has 1 aromatic carbocycles. The standard InChI is InChI=1S/C13H17NO/c1-15-10-9-14-13(12-7-8-12)11-5-3-2-4-6-11/h2-6,14H,7-10H2,1H3. The van der Waals surface area contributed by atoms with Crippen molar-refractivity contribution >= 4 is 5.70 Å². The van der Waals surface area contributed by atoms with E-state index >= 15 is 0 Å². The molecule has 1 saturated carbocycles. The summed E-state index contributed by atoms with van der Waals surface area (Å²) in [6.45, 7) is 1.63. The van der Waals surface area contributed by atoms with Crippen LogP contribution in [0.5, 0.6) is 0 Å². The Hall–Kier alpha value is -1.28. The molecule has 0 atom stereocenters. The van der Waals surface area contributed by atoms with Gasteiger partial charge in [0.25, 0.3) is 0 Å².